The Morgan fingerprint density at radius 1 is 1.07 bits per heavy atom. The molecule has 0 N–H and O–H groups in total. The van der Waals surface area contributed by atoms with Crippen LogP contribution in [0.25, 0.3) is 0 Å². The van der Waals surface area contributed by atoms with Gasteiger partial charge in [0.2, 0.25) is 0 Å². The average Bonchev–Trinajstić information content (AvgIpc) is 3.08. The van der Waals surface area contributed by atoms with E-state index in [1.165, 1.54) is 0 Å². The van der Waals surface area contributed by atoms with E-state index in [0.29, 0.717) is 29.5 Å². The largest absolute Gasteiger partial charge is 0.461 e. The first-order valence-electron chi connectivity index (χ1n) is 9.62. The minimum absolute atomic E-state index is 0.124. The van der Waals surface area contributed by atoms with E-state index in [-0.39, 0.29) is 11.7 Å². The second-order valence-electron chi connectivity index (χ2n) is 6.51. The van der Waals surface area contributed by atoms with E-state index in [1.807, 2.05) is 30.3 Å². The predicted octanol–water partition coefficient (Wildman–Crippen LogP) is 6.07. The van der Waals surface area contributed by atoms with Gasteiger partial charge in [-0.25, -0.2) is 0 Å². The summed E-state index contributed by atoms with van der Waals surface area (Å²) < 4.78 is 11.3. The van der Waals surface area contributed by atoms with Crippen LogP contribution >= 0.6 is 15.9 Å². The standard InChI is InChI=1S/C23H25BrO4/c24-21-16-20(17-25)28-22(21)14-10-5-3-1-2-4-6-11-15-23(26)27-18-19-12-8-7-9-13-19/h7-9,12-13,16-17H,1-6,11,15,18H2. The molecular weight excluding hydrogens is 420 g/mol. The molecule has 1 aromatic heterocycles. The van der Waals surface area contributed by atoms with Crippen LogP contribution < -0.4 is 0 Å². The van der Waals surface area contributed by atoms with Gasteiger partial charge in [-0.2, -0.15) is 0 Å². The fourth-order valence-corrected chi connectivity index (χ4v) is 3.08. The van der Waals surface area contributed by atoms with E-state index in [1.54, 1.807) is 6.07 Å². The molecule has 0 aliphatic heterocycles. The lowest BCUT2D eigenvalue weighted by Gasteiger charge is -2.05. The van der Waals surface area contributed by atoms with E-state index in [2.05, 4.69) is 27.8 Å². The van der Waals surface area contributed by atoms with Crippen LogP contribution in [0.4, 0.5) is 0 Å². The summed E-state index contributed by atoms with van der Waals surface area (Å²) in [5, 5.41) is 0. The Kier molecular flexibility index (Phi) is 10.2. The highest BCUT2D eigenvalue weighted by Crippen LogP contribution is 2.19. The number of rotatable bonds is 11. The molecule has 1 heterocycles. The highest BCUT2D eigenvalue weighted by atomic mass is 79.9. The van der Waals surface area contributed by atoms with Gasteiger partial charge in [0.15, 0.2) is 17.8 Å². The molecule has 0 aliphatic rings. The normalized spacial score (nSPS) is 10.2. The van der Waals surface area contributed by atoms with Gasteiger partial charge < -0.3 is 9.15 Å². The van der Waals surface area contributed by atoms with Crippen molar-refractivity contribution in [2.24, 2.45) is 0 Å². The summed E-state index contributed by atoms with van der Waals surface area (Å²) in [6, 6.07) is 11.3. The molecule has 0 amide bonds. The Bertz CT molecular complexity index is 799. The van der Waals surface area contributed by atoms with Crippen molar-refractivity contribution in [2.45, 2.75) is 58.0 Å². The summed E-state index contributed by atoms with van der Waals surface area (Å²) in [4.78, 5) is 22.4. The molecule has 0 spiro atoms. The highest BCUT2D eigenvalue weighted by molar-refractivity contribution is 9.10. The quantitative estimate of drug-likeness (QED) is 0.182. The number of unbranched alkanes of at least 4 members (excludes halogenated alkanes) is 6. The van der Waals surface area contributed by atoms with Crippen LogP contribution in [0.15, 0.2) is 45.3 Å². The number of ether oxygens (including phenoxy) is 1. The van der Waals surface area contributed by atoms with E-state index < -0.39 is 0 Å². The molecule has 4 nitrogen and oxygen atoms in total. The summed E-state index contributed by atoms with van der Waals surface area (Å²) in [6.45, 7) is 0.353. The molecule has 148 valence electrons. The molecule has 0 bridgehead atoms. The van der Waals surface area contributed by atoms with Crippen molar-refractivity contribution in [3.8, 4) is 11.8 Å². The Morgan fingerprint density at radius 2 is 1.79 bits per heavy atom. The first-order chi connectivity index (χ1) is 13.7. The monoisotopic (exact) mass is 444 g/mol. The molecule has 0 radical (unpaired) electrons. The van der Waals surface area contributed by atoms with Crippen LogP contribution in [0.5, 0.6) is 0 Å². The van der Waals surface area contributed by atoms with Crippen LogP contribution in [0.1, 0.15) is 73.2 Å². The molecule has 0 unspecified atom stereocenters. The van der Waals surface area contributed by atoms with Gasteiger partial charge in [-0.15, -0.1) is 0 Å². The van der Waals surface area contributed by atoms with Crippen LogP contribution in [0, 0.1) is 11.8 Å². The number of aldehydes is 1. The van der Waals surface area contributed by atoms with Gasteiger partial charge in [0, 0.05) is 18.9 Å². The number of esters is 1. The number of furan rings is 1. The van der Waals surface area contributed by atoms with Crippen LogP contribution in [0.2, 0.25) is 0 Å². The van der Waals surface area contributed by atoms with Crippen molar-refractivity contribution < 1.29 is 18.7 Å². The zero-order valence-corrected chi connectivity index (χ0v) is 17.5. The molecule has 5 heteroatoms. The molecule has 0 saturated carbocycles. The number of halogens is 1. The van der Waals surface area contributed by atoms with Crippen LogP contribution in [0.3, 0.4) is 0 Å². The van der Waals surface area contributed by atoms with Crippen molar-refractivity contribution >= 4 is 28.2 Å². The highest BCUT2D eigenvalue weighted by Gasteiger charge is 2.05. The Morgan fingerprint density at radius 3 is 2.50 bits per heavy atom. The minimum atomic E-state index is -0.124. The minimum Gasteiger partial charge on any atom is -0.461 e. The van der Waals surface area contributed by atoms with Crippen molar-refractivity contribution in [3.05, 3.63) is 58.0 Å². The lowest BCUT2D eigenvalue weighted by Crippen LogP contribution is -2.04. The third-order valence-electron chi connectivity index (χ3n) is 4.20. The van der Waals surface area contributed by atoms with E-state index >= 15 is 0 Å². The average molecular weight is 445 g/mol. The van der Waals surface area contributed by atoms with Gasteiger partial charge >= 0.3 is 5.97 Å². The molecule has 0 saturated heterocycles. The first-order valence-corrected chi connectivity index (χ1v) is 10.4. The summed E-state index contributed by atoms with van der Waals surface area (Å²) in [7, 11) is 0. The van der Waals surface area contributed by atoms with Gasteiger partial charge in [0.1, 0.15) is 6.61 Å². The molecule has 0 atom stereocenters. The Labute approximate surface area is 174 Å². The third-order valence-corrected chi connectivity index (χ3v) is 4.79. The molecular formula is C23H25BrO4. The van der Waals surface area contributed by atoms with Gasteiger partial charge in [-0.3, -0.25) is 9.59 Å². The maximum Gasteiger partial charge on any atom is 0.306 e. The molecule has 28 heavy (non-hydrogen) atoms. The first kappa shape index (κ1) is 22.0. The zero-order chi connectivity index (χ0) is 20.0. The SMILES string of the molecule is O=Cc1cc(Br)c(C#CCCCCCCCCC(=O)OCc2ccccc2)o1. The summed E-state index contributed by atoms with van der Waals surface area (Å²) >= 11 is 3.32. The van der Waals surface area contributed by atoms with Gasteiger partial charge in [0.25, 0.3) is 0 Å². The van der Waals surface area contributed by atoms with Crippen molar-refractivity contribution in [1.29, 1.82) is 0 Å². The fraction of sp³-hybridized carbons (Fsp3) is 0.391. The van der Waals surface area contributed by atoms with Crippen LogP contribution in [-0.4, -0.2) is 12.3 Å². The van der Waals surface area contributed by atoms with Crippen molar-refractivity contribution in [3.63, 3.8) is 0 Å². The molecule has 2 aromatic rings. The number of carbonyl (C=O) groups is 2. The van der Waals surface area contributed by atoms with Gasteiger partial charge in [-0.05, 0) is 40.3 Å². The lowest BCUT2D eigenvalue weighted by molar-refractivity contribution is -0.145. The Hall–Kier alpha value is -2.32. The number of benzene rings is 1. The molecule has 0 fully saturated rings. The van der Waals surface area contributed by atoms with Crippen LogP contribution in [-0.2, 0) is 16.1 Å². The number of hydrogen-bond donors (Lipinski definition) is 0. The van der Waals surface area contributed by atoms with E-state index in [9.17, 15) is 9.59 Å². The van der Waals surface area contributed by atoms with Gasteiger partial charge in [-0.1, -0.05) is 61.9 Å². The molecule has 1 aromatic carbocycles. The summed E-state index contributed by atoms with van der Waals surface area (Å²) in [6.07, 6.45) is 8.27. The number of carbonyl (C=O) groups excluding carboxylic acids is 2. The summed E-state index contributed by atoms with van der Waals surface area (Å²) in [5.41, 5.74) is 1.02. The smallest absolute Gasteiger partial charge is 0.306 e. The van der Waals surface area contributed by atoms with E-state index in [0.717, 1.165) is 50.5 Å². The van der Waals surface area contributed by atoms with Crippen molar-refractivity contribution in [1.82, 2.24) is 0 Å². The maximum absolute atomic E-state index is 11.7. The third kappa shape index (κ3) is 8.58. The molecule has 0 aliphatic carbocycles. The zero-order valence-electron chi connectivity index (χ0n) is 15.9. The second kappa shape index (κ2) is 13.0. The lowest BCUT2D eigenvalue weighted by atomic mass is 10.1. The molecule has 2 rings (SSSR count). The second-order valence-corrected chi connectivity index (χ2v) is 7.37. The van der Waals surface area contributed by atoms with E-state index in [4.69, 9.17) is 9.15 Å². The summed E-state index contributed by atoms with van der Waals surface area (Å²) in [5.74, 6) is 6.67. The topological polar surface area (TPSA) is 56.5 Å². The fourth-order valence-electron chi connectivity index (χ4n) is 2.67. The Balaban J connectivity index is 1.45. The van der Waals surface area contributed by atoms with Crippen molar-refractivity contribution in [2.75, 3.05) is 0 Å². The number of hydrogen-bond acceptors (Lipinski definition) is 4. The maximum atomic E-state index is 11.7. The van der Waals surface area contributed by atoms with Gasteiger partial charge in [0.05, 0.1) is 4.47 Å². The predicted molar refractivity (Wildman–Crippen MR) is 112 cm³/mol.